The van der Waals surface area contributed by atoms with Gasteiger partial charge in [0, 0.05) is 6.54 Å². The van der Waals surface area contributed by atoms with E-state index in [2.05, 4.69) is 5.32 Å². The normalized spacial score (nSPS) is 21.6. The average Bonchev–Trinajstić information content (AvgIpc) is 2.26. The van der Waals surface area contributed by atoms with Crippen molar-refractivity contribution in [3.63, 3.8) is 0 Å². The highest BCUT2D eigenvalue weighted by atomic mass is 35.5. The topological polar surface area (TPSA) is 32.3 Å². The van der Waals surface area contributed by atoms with Crippen molar-refractivity contribution in [2.45, 2.75) is 18.8 Å². The number of phenols is 1. The van der Waals surface area contributed by atoms with Gasteiger partial charge in [-0.2, -0.15) is 0 Å². The summed E-state index contributed by atoms with van der Waals surface area (Å²) in [6.45, 7) is 1.89. The maximum absolute atomic E-state index is 13.1. The fraction of sp³-hybridized carbons (Fsp3) is 0.455. The monoisotopic (exact) mass is 229 g/mol. The predicted octanol–water partition coefficient (Wildman–Crippen LogP) is 2.65. The molecule has 0 aromatic heterocycles. The molecule has 1 atom stereocenters. The Balaban J connectivity index is 2.27. The van der Waals surface area contributed by atoms with Crippen molar-refractivity contribution in [3.05, 3.63) is 28.5 Å². The summed E-state index contributed by atoms with van der Waals surface area (Å²) in [6, 6.07) is 3.08. The minimum atomic E-state index is -0.732. The molecule has 1 aliphatic heterocycles. The number of halogens is 2. The summed E-state index contributed by atoms with van der Waals surface area (Å²) in [6.07, 6.45) is 2.15. The molecule has 1 aliphatic rings. The first-order valence-electron chi connectivity index (χ1n) is 5.07. The molecule has 1 aromatic carbocycles. The third kappa shape index (κ3) is 2.24. The second kappa shape index (κ2) is 4.37. The van der Waals surface area contributed by atoms with Gasteiger partial charge in [-0.25, -0.2) is 4.39 Å². The maximum atomic E-state index is 13.1. The van der Waals surface area contributed by atoms with E-state index in [0.29, 0.717) is 5.92 Å². The van der Waals surface area contributed by atoms with E-state index in [9.17, 15) is 9.50 Å². The van der Waals surface area contributed by atoms with Gasteiger partial charge in [0.25, 0.3) is 0 Å². The highest BCUT2D eigenvalue weighted by Gasteiger charge is 2.18. The smallest absolute Gasteiger partial charge is 0.183 e. The van der Waals surface area contributed by atoms with Gasteiger partial charge in [-0.3, -0.25) is 0 Å². The van der Waals surface area contributed by atoms with E-state index in [-0.39, 0.29) is 10.8 Å². The van der Waals surface area contributed by atoms with Crippen LogP contribution < -0.4 is 5.32 Å². The molecular weight excluding hydrogens is 217 g/mol. The number of phenolic OH excluding ortho intramolecular Hbond substituents is 1. The molecule has 0 aliphatic carbocycles. The van der Waals surface area contributed by atoms with Crippen molar-refractivity contribution in [2.24, 2.45) is 0 Å². The van der Waals surface area contributed by atoms with Crippen LogP contribution in [-0.2, 0) is 0 Å². The quantitative estimate of drug-likeness (QED) is 0.776. The lowest BCUT2D eigenvalue weighted by molar-refractivity contribution is 0.425. The van der Waals surface area contributed by atoms with Gasteiger partial charge in [0.15, 0.2) is 11.6 Å². The summed E-state index contributed by atoms with van der Waals surface area (Å²) in [5.74, 6) is -0.769. The third-order valence-electron chi connectivity index (χ3n) is 2.80. The van der Waals surface area contributed by atoms with Gasteiger partial charge in [-0.15, -0.1) is 0 Å². The Morgan fingerprint density at radius 2 is 2.27 bits per heavy atom. The first-order chi connectivity index (χ1) is 7.18. The molecule has 0 bridgehead atoms. The lowest BCUT2D eigenvalue weighted by atomic mass is 9.91. The van der Waals surface area contributed by atoms with Crippen LogP contribution >= 0.6 is 11.6 Å². The summed E-state index contributed by atoms with van der Waals surface area (Å²) >= 11 is 5.68. The van der Waals surface area contributed by atoms with Crippen molar-refractivity contribution < 1.29 is 9.50 Å². The first-order valence-corrected chi connectivity index (χ1v) is 5.45. The van der Waals surface area contributed by atoms with Crippen molar-refractivity contribution in [1.29, 1.82) is 0 Å². The molecule has 82 valence electrons. The Labute approximate surface area is 93.1 Å². The molecule has 2 rings (SSSR count). The van der Waals surface area contributed by atoms with Crippen LogP contribution in [0.2, 0.25) is 5.02 Å². The van der Waals surface area contributed by atoms with Crippen LogP contribution in [0.3, 0.4) is 0 Å². The van der Waals surface area contributed by atoms with E-state index < -0.39 is 5.82 Å². The number of nitrogens with one attached hydrogen (secondary N) is 1. The standard InChI is InChI=1S/C11H13ClFNO/c12-9-4-8(5-10(15)11(9)13)7-2-1-3-14-6-7/h4-5,7,14-15H,1-3,6H2. The Bertz CT molecular complexity index is 341. The molecule has 0 radical (unpaired) electrons. The van der Waals surface area contributed by atoms with E-state index in [4.69, 9.17) is 11.6 Å². The molecule has 1 saturated heterocycles. The number of benzene rings is 1. The Hall–Kier alpha value is -0.800. The highest BCUT2D eigenvalue weighted by Crippen LogP contribution is 2.31. The summed E-state index contributed by atoms with van der Waals surface area (Å²) in [7, 11) is 0. The zero-order valence-electron chi connectivity index (χ0n) is 8.26. The van der Waals surface area contributed by atoms with E-state index in [1.165, 1.54) is 6.07 Å². The molecule has 0 spiro atoms. The molecule has 15 heavy (non-hydrogen) atoms. The minimum absolute atomic E-state index is 0.00410. The fourth-order valence-corrected chi connectivity index (χ4v) is 2.19. The van der Waals surface area contributed by atoms with Gasteiger partial charge in [0.1, 0.15) is 0 Å². The van der Waals surface area contributed by atoms with Crippen LogP contribution in [0.25, 0.3) is 0 Å². The van der Waals surface area contributed by atoms with Gasteiger partial charge < -0.3 is 10.4 Å². The number of aromatic hydroxyl groups is 1. The van der Waals surface area contributed by atoms with Gasteiger partial charge in [0.2, 0.25) is 0 Å². The van der Waals surface area contributed by atoms with Crippen molar-refractivity contribution in [1.82, 2.24) is 5.32 Å². The van der Waals surface area contributed by atoms with E-state index in [1.807, 2.05) is 0 Å². The maximum Gasteiger partial charge on any atom is 0.183 e. The van der Waals surface area contributed by atoms with Crippen LogP contribution in [0.5, 0.6) is 5.75 Å². The Morgan fingerprint density at radius 1 is 1.47 bits per heavy atom. The van der Waals surface area contributed by atoms with Gasteiger partial charge in [0.05, 0.1) is 5.02 Å². The van der Waals surface area contributed by atoms with E-state index >= 15 is 0 Å². The van der Waals surface area contributed by atoms with Crippen molar-refractivity contribution in [3.8, 4) is 5.75 Å². The number of hydrogen-bond donors (Lipinski definition) is 2. The van der Waals surface area contributed by atoms with Crippen LogP contribution in [0.15, 0.2) is 12.1 Å². The molecular formula is C11H13ClFNO. The second-order valence-corrected chi connectivity index (χ2v) is 4.29. The highest BCUT2D eigenvalue weighted by molar-refractivity contribution is 6.31. The summed E-state index contributed by atoms with van der Waals surface area (Å²) in [4.78, 5) is 0. The predicted molar refractivity (Wildman–Crippen MR) is 57.9 cm³/mol. The SMILES string of the molecule is Oc1cc(C2CCCNC2)cc(Cl)c1F. The largest absolute Gasteiger partial charge is 0.505 e. The molecule has 2 N–H and O–H groups in total. The molecule has 1 fully saturated rings. The van der Waals surface area contributed by atoms with Gasteiger partial charge >= 0.3 is 0 Å². The van der Waals surface area contributed by atoms with Gasteiger partial charge in [-0.1, -0.05) is 11.6 Å². The molecule has 1 unspecified atom stereocenters. The van der Waals surface area contributed by atoms with Crippen LogP contribution in [-0.4, -0.2) is 18.2 Å². The second-order valence-electron chi connectivity index (χ2n) is 3.88. The zero-order chi connectivity index (χ0) is 10.8. The fourth-order valence-electron chi connectivity index (χ4n) is 1.97. The lowest BCUT2D eigenvalue weighted by Crippen LogP contribution is -2.28. The minimum Gasteiger partial charge on any atom is -0.505 e. The molecule has 0 saturated carbocycles. The summed E-state index contributed by atoms with van der Waals surface area (Å²) in [5, 5.41) is 12.6. The van der Waals surface area contributed by atoms with Crippen molar-refractivity contribution >= 4 is 11.6 Å². The third-order valence-corrected chi connectivity index (χ3v) is 3.07. The molecule has 1 heterocycles. The molecule has 4 heteroatoms. The summed E-state index contributed by atoms with van der Waals surface area (Å²) in [5.41, 5.74) is 0.908. The Morgan fingerprint density at radius 3 is 2.87 bits per heavy atom. The van der Waals surface area contributed by atoms with E-state index in [1.54, 1.807) is 6.07 Å². The molecule has 0 amide bonds. The Kier molecular flexibility index (Phi) is 3.12. The van der Waals surface area contributed by atoms with Gasteiger partial charge in [-0.05, 0) is 43.0 Å². The lowest BCUT2D eigenvalue weighted by Gasteiger charge is -2.23. The number of piperidine rings is 1. The van der Waals surface area contributed by atoms with Crippen LogP contribution in [0.1, 0.15) is 24.3 Å². The number of hydrogen-bond acceptors (Lipinski definition) is 2. The molecule has 2 nitrogen and oxygen atoms in total. The van der Waals surface area contributed by atoms with E-state index in [0.717, 1.165) is 31.5 Å². The molecule has 1 aromatic rings. The van der Waals surface area contributed by atoms with Crippen LogP contribution in [0, 0.1) is 5.82 Å². The number of rotatable bonds is 1. The average molecular weight is 230 g/mol. The van der Waals surface area contributed by atoms with Crippen molar-refractivity contribution in [2.75, 3.05) is 13.1 Å². The zero-order valence-corrected chi connectivity index (χ0v) is 9.02. The van der Waals surface area contributed by atoms with Crippen LogP contribution in [0.4, 0.5) is 4.39 Å². The first kappa shape index (κ1) is 10.7. The summed E-state index contributed by atoms with van der Waals surface area (Å²) < 4.78 is 13.1.